The van der Waals surface area contributed by atoms with Gasteiger partial charge in [-0.3, -0.25) is 0 Å². The van der Waals surface area contributed by atoms with E-state index in [-0.39, 0.29) is 0 Å². The summed E-state index contributed by atoms with van der Waals surface area (Å²) in [6.45, 7) is 2.33. The number of aromatic nitrogens is 2. The number of anilines is 1. The first-order chi connectivity index (χ1) is 14.9. The number of piperidine rings is 1. The molecule has 0 amide bonds. The fourth-order valence-corrected chi connectivity index (χ4v) is 3.90. The summed E-state index contributed by atoms with van der Waals surface area (Å²) < 4.78 is 5.87. The lowest BCUT2D eigenvalue weighted by Crippen LogP contribution is -2.31. The summed E-state index contributed by atoms with van der Waals surface area (Å²) in [6.07, 6.45) is 3.65. The lowest BCUT2D eigenvalue weighted by atomic mass is 10.1. The third-order valence-corrected chi connectivity index (χ3v) is 5.45. The zero-order valence-corrected chi connectivity index (χ0v) is 16.8. The molecular formula is C26H23N3O. The van der Waals surface area contributed by atoms with Crippen molar-refractivity contribution < 1.29 is 4.74 Å². The van der Waals surface area contributed by atoms with E-state index in [9.17, 15) is 0 Å². The zero-order valence-electron chi connectivity index (χ0n) is 16.8. The van der Waals surface area contributed by atoms with Crippen molar-refractivity contribution in [1.29, 1.82) is 0 Å². The van der Waals surface area contributed by atoms with Gasteiger partial charge in [-0.15, -0.1) is 0 Å². The predicted molar refractivity (Wildman–Crippen MR) is 122 cm³/mol. The number of hydrogen-bond donors (Lipinski definition) is 0. The second-order valence-electron chi connectivity index (χ2n) is 7.53. The van der Waals surface area contributed by atoms with Gasteiger partial charge in [0.2, 0.25) is 0 Å². The summed E-state index contributed by atoms with van der Waals surface area (Å²) in [7, 11) is 0. The Kier molecular flexibility index (Phi) is 5.18. The third-order valence-electron chi connectivity index (χ3n) is 5.45. The average Bonchev–Trinajstić information content (AvgIpc) is 2.82. The van der Waals surface area contributed by atoms with Gasteiger partial charge in [0.25, 0.3) is 0 Å². The summed E-state index contributed by atoms with van der Waals surface area (Å²) in [5, 5.41) is 2.37. The lowest BCUT2D eigenvalue weighted by Gasteiger charge is -2.28. The van der Waals surface area contributed by atoms with Crippen LogP contribution in [0.25, 0.3) is 21.8 Å². The Morgan fingerprint density at radius 3 is 2.37 bits per heavy atom. The van der Waals surface area contributed by atoms with Gasteiger partial charge >= 0.3 is 0 Å². The lowest BCUT2D eigenvalue weighted by molar-refractivity contribution is 0.371. The normalized spacial score (nSPS) is 13.8. The molecule has 1 aliphatic rings. The number of rotatable bonds is 3. The second kappa shape index (κ2) is 8.42. The average molecular weight is 393 g/mol. The molecule has 0 saturated carbocycles. The smallest absolute Gasteiger partial charge is 0.164 e. The summed E-state index contributed by atoms with van der Waals surface area (Å²) >= 11 is 0. The van der Waals surface area contributed by atoms with Crippen molar-refractivity contribution in [1.82, 2.24) is 9.97 Å². The van der Waals surface area contributed by atoms with Crippen LogP contribution in [-0.2, 0) is 0 Å². The van der Waals surface area contributed by atoms with Crippen LogP contribution in [0.3, 0.4) is 0 Å². The monoisotopic (exact) mass is 393 g/mol. The Hall–Kier alpha value is -3.58. The molecular weight excluding hydrogens is 370 g/mol. The Bertz CT molecular complexity index is 1250. The van der Waals surface area contributed by atoms with Crippen LogP contribution >= 0.6 is 0 Å². The van der Waals surface area contributed by atoms with Gasteiger partial charge in [-0.25, -0.2) is 9.97 Å². The first kappa shape index (κ1) is 18.4. The van der Waals surface area contributed by atoms with Crippen molar-refractivity contribution in [3.05, 3.63) is 72.4 Å². The molecule has 5 rings (SSSR count). The van der Waals surface area contributed by atoms with E-state index in [1.807, 2.05) is 48.5 Å². The largest absolute Gasteiger partial charge is 0.481 e. The van der Waals surface area contributed by atoms with Crippen molar-refractivity contribution in [2.45, 2.75) is 19.3 Å². The van der Waals surface area contributed by atoms with Crippen molar-refractivity contribution in [3.63, 3.8) is 0 Å². The molecule has 0 radical (unpaired) electrons. The van der Waals surface area contributed by atoms with Crippen LogP contribution in [0.5, 0.6) is 5.75 Å². The molecule has 148 valence electrons. The zero-order chi connectivity index (χ0) is 20.2. The molecule has 30 heavy (non-hydrogen) atoms. The van der Waals surface area contributed by atoms with Crippen molar-refractivity contribution >= 4 is 27.6 Å². The first-order valence-corrected chi connectivity index (χ1v) is 10.5. The van der Waals surface area contributed by atoms with Gasteiger partial charge in [-0.2, -0.15) is 0 Å². The minimum atomic E-state index is 0.312. The van der Waals surface area contributed by atoms with Crippen LogP contribution in [-0.4, -0.2) is 29.7 Å². The number of nitrogens with zero attached hydrogens (tertiary/aromatic N) is 3. The SMILES string of the molecule is C(#Cc1nc2ccccc2nc1N1CCCCC1)COc1ccc2ccccc2c1. The van der Waals surface area contributed by atoms with Crippen LogP contribution in [0.1, 0.15) is 25.0 Å². The Morgan fingerprint density at radius 2 is 1.53 bits per heavy atom. The van der Waals surface area contributed by atoms with Gasteiger partial charge < -0.3 is 9.64 Å². The van der Waals surface area contributed by atoms with E-state index in [0.717, 1.165) is 46.8 Å². The number of benzene rings is 3. The number of fused-ring (bicyclic) bond motifs is 2. The second-order valence-corrected chi connectivity index (χ2v) is 7.53. The molecule has 0 unspecified atom stereocenters. The molecule has 4 nitrogen and oxygen atoms in total. The fourth-order valence-electron chi connectivity index (χ4n) is 3.90. The molecule has 1 saturated heterocycles. The van der Waals surface area contributed by atoms with Gasteiger partial charge in [0.05, 0.1) is 11.0 Å². The highest BCUT2D eigenvalue weighted by Crippen LogP contribution is 2.24. The molecule has 2 heterocycles. The molecule has 4 heteroatoms. The van der Waals surface area contributed by atoms with E-state index in [4.69, 9.17) is 14.7 Å². The summed E-state index contributed by atoms with van der Waals surface area (Å²) in [4.78, 5) is 12.0. The highest BCUT2D eigenvalue weighted by atomic mass is 16.5. The molecule has 3 aromatic carbocycles. The van der Waals surface area contributed by atoms with Crippen LogP contribution in [0.15, 0.2) is 66.7 Å². The Balaban J connectivity index is 1.39. The summed E-state index contributed by atoms with van der Waals surface area (Å²) in [6, 6.07) is 22.3. The van der Waals surface area contributed by atoms with E-state index < -0.39 is 0 Å². The number of hydrogen-bond acceptors (Lipinski definition) is 4. The van der Waals surface area contributed by atoms with Crippen LogP contribution < -0.4 is 9.64 Å². The molecule has 0 spiro atoms. The van der Waals surface area contributed by atoms with Gasteiger partial charge in [0.1, 0.15) is 12.4 Å². The molecule has 0 N–H and O–H groups in total. The summed E-state index contributed by atoms with van der Waals surface area (Å²) in [5.74, 6) is 8.08. The minimum Gasteiger partial charge on any atom is -0.481 e. The predicted octanol–water partition coefficient (Wildman–Crippen LogP) is 5.20. The van der Waals surface area contributed by atoms with E-state index >= 15 is 0 Å². The van der Waals surface area contributed by atoms with E-state index in [1.165, 1.54) is 24.6 Å². The Morgan fingerprint density at radius 1 is 0.800 bits per heavy atom. The minimum absolute atomic E-state index is 0.312. The van der Waals surface area contributed by atoms with Gasteiger partial charge in [-0.05, 0) is 60.2 Å². The number of ether oxygens (including phenoxy) is 1. The molecule has 0 bridgehead atoms. The van der Waals surface area contributed by atoms with E-state index in [0.29, 0.717) is 6.61 Å². The van der Waals surface area contributed by atoms with Crippen LogP contribution in [0.2, 0.25) is 0 Å². The standard InChI is InChI=1S/C26H23N3O/c1-6-16-29(17-7-1)26-25(27-23-11-4-5-12-24(23)28-26)13-8-18-30-22-15-14-20-9-2-3-10-21(20)19-22/h2-5,9-12,14-15,19H,1,6-7,16-18H2. The molecule has 0 atom stereocenters. The molecule has 0 aliphatic carbocycles. The number of para-hydroxylation sites is 2. The molecule has 1 aliphatic heterocycles. The Labute approximate surface area is 176 Å². The quantitative estimate of drug-likeness (QED) is 0.448. The molecule has 1 fully saturated rings. The maximum absolute atomic E-state index is 5.87. The summed E-state index contributed by atoms with van der Waals surface area (Å²) in [5.41, 5.74) is 2.52. The topological polar surface area (TPSA) is 38.2 Å². The first-order valence-electron chi connectivity index (χ1n) is 10.5. The van der Waals surface area contributed by atoms with Crippen molar-refractivity contribution in [2.24, 2.45) is 0 Å². The highest BCUT2D eigenvalue weighted by molar-refractivity contribution is 5.83. The van der Waals surface area contributed by atoms with Crippen molar-refractivity contribution in [2.75, 3.05) is 24.6 Å². The van der Waals surface area contributed by atoms with Gasteiger partial charge in [0, 0.05) is 13.1 Å². The van der Waals surface area contributed by atoms with Crippen molar-refractivity contribution in [3.8, 4) is 17.6 Å². The van der Waals surface area contributed by atoms with E-state index in [1.54, 1.807) is 0 Å². The highest BCUT2D eigenvalue weighted by Gasteiger charge is 2.17. The molecule has 1 aromatic heterocycles. The van der Waals surface area contributed by atoms with Crippen LogP contribution in [0.4, 0.5) is 5.82 Å². The van der Waals surface area contributed by atoms with Gasteiger partial charge in [0.15, 0.2) is 11.5 Å². The van der Waals surface area contributed by atoms with Gasteiger partial charge in [-0.1, -0.05) is 48.4 Å². The maximum Gasteiger partial charge on any atom is 0.164 e. The third kappa shape index (κ3) is 3.92. The van der Waals surface area contributed by atoms with E-state index in [2.05, 4.69) is 34.9 Å². The van der Waals surface area contributed by atoms with Crippen LogP contribution in [0, 0.1) is 11.8 Å². The molecule has 4 aromatic rings. The maximum atomic E-state index is 5.87. The fraction of sp³-hybridized carbons (Fsp3) is 0.231.